The number of rotatable bonds is 4. The van der Waals surface area contributed by atoms with Crippen LogP contribution in [0.25, 0.3) is 0 Å². The lowest BCUT2D eigenvalue weighted by molar-refractivity contribution is 0.0698. The smallest absolute Gasteiger partial charge is 0.337 e. The van der Waals surface area contributed by atoms with Gasteiger partial charge in [-0.2, -0.15) is 0 Å². The van der Waals surface area contributed by atoms with Crippen molar-refractivity contribution in [3.05, 3.63) is 23.8 Å². The number of aromatic carboxylic acids is 1. The van der Waals surface area contributed by atoms with Gasteiger partial charge in [0.25, 0.3) is 0 Å². The minimum Gasteiger partial charge on any atom is -0.478 e. The zero-order valence-electron chi connectivity index (χ0n) is 10.3. The fourth-order valence-electron chi connectivity index (χ4n) is 2.16. The van der Waals surface area contributed by atoms with E-state index in [0.717, 1.165) is 0 Å². The highest BCUT2D eigenvalue weighted by Crippen LogP contribution is 2.21. The first kappa shape index (κ1) is 13.7. The van der Waals surface area contributed by atoms with Crippen LogP contribution in [0.2, 0.25) is 0 Å². The van der Waals surface area contributed by atoms with Gasteiger partial charge in [0, 0.05) is 17.9 Å². The molecule has 1 aliphatic rings. The van der Waals surface area contributed by atoms with Gasteiger partial charge in [-0.1, -0.05) is 0 Å². The van der Waals surface area contributed by atoms with E-state index in [2.05, 4.69) is 5.32 Å². The van der Waals surface area contributed by atoms with Crippen molar-refractivity contribution in [1.82, 2.24) is 0 Å². The van der Waals surface area contributed by atoms with E-state index in [4.69, 9.17) is 10.8 Å². The number of carboxylic acids is 1. The van der Waals surface area contributed by atoms with Crippen molar-refractivity contribution in [3.8, 4) is 0 Å². The summed E-state index contributed by atoms with van der Waals surface area (Å²) in [5.74, 6) is -0.501. The monoisotopic (exact) mass is 284 g/mol. The molecule has 1 heterocycles. The van der Waals surface area contributed by atoms with E-state index in [-0.39, 0.29) is 28.7 Å². The largest absolute Gasteiger partial charge is 0.478 e. The van der Waals surface area contributed by atoms with Crippen molar-refractivity contribution in [2.75, 3.05) is 29.1 Å². The van der Waals surface area contributed by atoms with E-state index in [1.807, 2.05) is 0 Å². The molecule has 0 aromatic heterocycles. The maximum atomic E-state index is 11.3. The van der Waals surface area contributed by atoms with E-state index in [9.17, 15) is 13.2 Å². The molecule has 0 amide bonds. The van der Waals surface area contributed by atoms with Crippen molar-refractivity contribution < 1.29 is 18.3 Å². The number of nitrogen functional groups attached to an aromatic ring is 1. The molecule has 1 fully saturated rings. The first-order valence-electron chi connectivity index (χ1n) is 5.94. The number of nitrogens with two attached hydrogens (primary N) is 1. The van der Waals surface area contributed by atoms with Crippen molar-refractivity contribution in [2.24, 2.45) is 5.92 Å². The minimum atomic E-state index is -2.87. The predicted octanol–water partition coefficient (Wildman–Crippen LogP) is 0.814. The third kappa shape index (κ3) is 3.37. The molecule has 104 valence electrons. The highest BCUT2D eigenvalue weighted by atomic mass is 32.2. The lowest BCUT2D eigenvalue weighted by Gasteiger charge is -2.12. The Bertz CT molecular complexity index is 598. The second-order valence-corrected chi connectivity index (χ2v) is 6.99. The molecule has 1 unspecified atom stereocenters. The Kier molecular flexibility index (Phi) is 3.66. The molecule has 19 heavy (non-hydrogen) atoms. The topological polar surface area (TPSA) is 109 Å². The molecule has 0 bridgehead atoms. The average Bonchev–Trinajstić information content (AvgIpc) is 2.66. The van der Waals surface area contributed by atoms with Gasteiger partial charge in [-0.3, -0.25) is 0 Å². The van der Waals surface area contributed by atoms with Gasteiger partial charge < -0.3 is 16.2 Å². The number of carbonyl (C=O) groups is 1. The Balaban J connectivity index is 1.97. The second kappa shape index (κ2) is 5.08. The molecule has 4 N–H and O–H groups in total. The number of hydrogen-bond acceptors (Lipinski definition) is 5. The van der Waals surface area contributed by atoms with Crippen LogP contribution < -0.4 is 11.1 Å². The van der Waals surface area contributed by atoms with Crippen molar-refractivity contribution in [3.63, 3.8) is 0 Å². The van der Waals surface area contributed by atoms with Crippen LogP contribution in [0.3, 0.4) is 0 Å². The van der Waals surface area contributed by atoms with Crippen molar-refractivity contribution in [1.29, 1.82) is 0 Å². The first-order valence-corrected chi connectivity index (χ1v) is 7.76. The van der Waals surface area contributed by atoms with Crippen molar-refractivity contribution >= 4 is 27.2 Å². The predicted molar refractivity (Wildman–Crippen MR) is 73.1 cm³/mol. The molecule has 1 aromatic rings. The zero-order valence-corrected chi connectivity index (χ0v) is 11.1. The average molecular weight is 284 g/mol. The molecule has 0 spiro atoms. The molecule has 1 aromatic carbocycles. The summed E-state index contributed by atoms with van der Waals surface area (Å²) in [6.45, 7) is 0.547. The third-order valence-electron chi connectivity index (χ3n) is 3.20. The SMILES string of the molecule is Nc1cc(NCC2CCS(=O)(=O)C2)ccc1C(=O)O. The van der Waals surface area contributed by atoms with Gasteiger partial charge in [0.2, 0.25) is 0 Å². The van der Waals surface area contributed by atoms with Gasteiger partial charge in [-0.15, -0.1) is 0 Å². The normalized spacial score (nSPS) is 21.2. The molecule has 1 aliphatic heterocycles. The molecule has 0 saturated carbocycles. The lowest BCUT2D eigenvalue weighted by atomic mass is 10.1. The third-order valence-corrected chi connectivity index (χ3v) is 5.04. The highest BCUT2D eigenvalue weighted by molar-refractivity contribution is 7.91. The minimum absolute atomic E-state index is 0.0639. The second-order valence-electron chi connectivity index (χ2n) is 4.76. The fourth-order valence-corrected chi connectivity index (χ4v) is 4.02. The van der Waals surface area contributed by atoms with Gasteiger partial charge in [0.1, 0.15) is 0 Å². The summed E-state index contributed by atoms with van der Waals surface area (Å²) in [5, 5.41) is 11.9. The molecular formula is C12H16N2O4S. The Morgan fingerprint density at radius 2 is 2.21 bits per heavy atom. The van der Waals surface area contributed by atoms with Crippen LogP contribution in [0.5, 0.6) is 0 Å². The summed E-state index contributed by atoms with van der Waals surface area (Å²) in [6, 6.07) is 4.61. The Hall–Kier alpha value is -1.76. The number of carboxylic acid groups (broad SMARTS) is 1. The first-order chi connectivity index (χ1) is 8.87. The summed E-state index contributed by atoms with van der Waals surface area (Å²) in [4.78, 5) is 10.8. The van der Waals surface area contributed by atoms with E-state index >= 15 is 0 Å². The quantitative estimate of drug-likeness (QED) is 0.706. The van der Waals surface area contributed by atoms with Gasteiger partial charge in [0.05, 0.1) is 17.1 Å². The van der Waals surface area contributed by atoms with Crippen molar-refractivity contribution in [2.45, 2.75) is 6.42 Å². The Labute approximate surface area is 111 Å². The number of anilines is 2. The van der Waals surface area contributed by atoms with Gasteiger partial charge in [0.15, 0.2) is 9.84 Å². The fraction of sp³-hybridized carbons (Fsp3) is 0.417. The maximum Gasteiger partial charge on any atom is 0.337 e. The molecule has 0 radical (unpaired) electrons. The van der Waals surface area contributed by atoms with Crippen LogP contribution in [0.15, 0.2) is 18.2 Å². The Morgan fingerprint density at radius 3 is 2.74 bits per heavy atom. The van der Waals surface area contributed by atoms with Crippen LogP contribution in [0.4, 0.5) is 11.4 Å². The number of sulfone groups is 1. The van der Waals surface area contributed by atoms with Gasteiger partial charge >= 0.3 is 5.97 Å². The van der Waals surface area contributed by atoms with Crippen LogP contribution >= 0.6 is 0 Å². The summed E-state index contributed by atoms with van der Waals surface area (Å²) >= 11 is 0. The van der Waals surface area contributed by atoms with E-state index in [1.165, 1.54) is 6.07 Å². The maximum absolute atomic E-state index is 11.3. The number of nitrogens with one attached hydrogen (secondary N) is 1. The molecular weight excluding hydrogens is 268 g/mol. The van der Waals surface area contributed by atoms with Crippen LogP contribution in [-0.4, -0.2) is 37.5 Å². The Morgan fingerprint density at radius 1 is 1.47 bits per heavy atom. The highest BCUT2D eigenvalue weighted by Gasteiger charge is 2.27. The molecule has 1 saturated heterocycles. The number of benzene rings is 1. The molecule has 7 heteroatoms. The van der Waals surface area contributed by atoms with Crippen LogP contribution in [0.1, 0.15) is 16.8 Å². The van der Waals surface area contributed by atoms with Gasteiger partial charge in [-0.05, 0) is 30.5 Å². The summed E-state index contributed by atoms with van der Waals surface area (Å²) in [7, 11) is -2.87. The lowest BCUT2D eigenvalue weighted by Crippen LogP contribution is -2.16. The summed E-state index contributed by atoms with van der Waals surface area (Å²) in [6.07, 6.45) is 0.665. The molecule has 2 rings (SSSR count). The molecule has 6 nitrogen and oxygen atoms in total. The van der Waals surface area contributed by atoms with E-state index in [0.29, 0.717) is 18.7 Å². The number of hydrogen-bond donors (Lipinski definition) is 3. The van der Waals surface area contributed by atoms with Gasteiger partial charge in [-0.25, -0.2) is 13.2 Å². The molecule has 1 atom stereocenters. The zero-order chi connectivity index (χ0) is 14.0. The molecule has 0 aliphatic carbocycles. The van der Waals surface area contributed by atoms with Crippen LogP contribution in [0, 0.1) is 5.92 Å². The van der Waals surface area contributed by atoms with E-state index in [1.54, 1.807) is 12.1 Å². The van der Waals surface area contributed by atoms with E-state index < -0.39 is 15.8 Å². The summed E-state index contributed by atoms with van der Waals surface area (Å²) < 4.78 is 22.6. The summed E-state index contributed by atoms with van der Waals surface area (Å²) in [5.41, 5.74) is 6.59. The standard InChI is InChI=1S/C12H16N2O4S/c13-11-5-9(1-2-10(11)12(15)16)14-6-8-3-4-19(17,18)7-8/h1-2,5,8,14H,3-4,6-7,13H2,(H,15,16). The van der Waals surface area contributed by atoms with Crippen LogP contribution in [-0.2, 0) is 9.84 Å².